The molecule has 3 unspecified atom stereocenters. The fourth-order valence-corrected chi connectivity index (χ4v) is 2.00. The van der Waals surface area contributed by atoms with Crippen LogP contribution in [0.5, 0.6) is 0 Å². The van der Waals surface area contributed by atoms with Gasteiger partial charge >= 0.3 is 6.18 Å². The fourth-order valence-electron chi connectivity index (χ4n) is 2.00. The van der Waals surface area contributed by atoms with E-state index >= 15 is 0 Å². The predicted molar refractivity (Wildman–Crippen MR) is 51.4 cm³/mol. The Bertz CT molecular complexity index is 196. The van der Waals surface area contributed by atoms with E-state index in [0.29, 0.717) is 12.3 Å². The van der Waals surface area contributed by atoms with Gasteiger partial charge in [0.05, 0.1) is 6.10 Å². The van der Waals surface area contributed by atoms with Gasteiger partial charge in [-0.25, -0.2) is 0 Å². The van der Waals surface area contributed by atoms with Crippen molar-refractivity contribution in [1.82, 2.24) is 0 Å². The highest BCUT2D eigenvalue weighted by atomic mass is 19.4. The number of hydrogen-bond donors (Lipinski definition) is 1. The Balaban J connectivity index is 2.38. The van der Waals surface area contributed by atoms with Crippen molar-refractivity contribution < 1.29 is 17.9 Å². The first-order valence-corrected chi connectivity index (χ1v) is 5.36. The third-order valence-corrected chi connectivity index (χ3v) is 2.99. The second-order valence-corrected chi connectivity index (χ2v) is 4.22. The van der Waals surface area contributed by atoms with Crippen LogP contribution in [0.3, 0.4) is 0 Å². The molecule has 1 aliphatic carbocycles. The molecule has 0 aromatic rings. The lowest BCUT2D eigenvalue weighted by atomic mass is 9.83. The average Bonchev–Trinajstić information content (AvgIpc) is 2.15. The summed E-state index contributed by atoms with van der Waals surface area (Å²) in [4.78, 5) is 0. The summed E-state index contributed by atoms with van der Waals surface area (Å²) in [6.07, 6.45) is -1.26. The Morgan fingerprint density at radius 3 is 2.53 bits per heavy atom. The lowest BCUT2D eigenvalue weighted by molar-refractivity contribution is -0.191. The second-order valence-electron chi connectivity index (χ2n) is 4.22. The van der Waals surface area contributed by atoms with Crippen LogP contribution in [0.4, 0.5) is 13.2 Å². The SMILES string of the molecule is CCC1CCC(N)C(OCC(F)(F)F)C1. The molecule has 0 saturated heterocycles. The Hall–Kier alpha value is -0.290. The summed E-state index contributed by atoms with van der Waals surface area (Å²) < 4.78 is 40.7. The molecular formula is C10H18F3NO. The standard InChI is InChI=1S/C10H18F3NO/c1-2-7-3-4-8(14)9(5-7)15-6-10(11,12)13/h7-9H,2-6,14H2,1H3. The smallest absolute Gasteiger partial charge is 0.367 e. The first-order valence-electron chi connectivity index (χ1n) is 5.36. The normalized spacial score (nSPS) is 33.0. The monoisotopic (exact) mass is 225 g/mol. The van der Waals surface area contributed by atoms with Gasteiger partial charge in [0.15, 0.2) is 0 Å². The van der Waals surface area contributed by atoms with Gasteiger partial charge in [-0.2, -0.15) is 13.2 Å². The van der Waals surface area contributed by atoms with Gasteiger partial charge in [0.2, 0.25) is 0 Å². The number of ether oxygens (including phenoxy) is 1. The highest BCUT2D eigenvalue weighted by Gasteiger charge is 2.33. The van der Waals surface area contributed by atoms with Crippen molar-refractivity contribution in [2.75, 3.05) is 6.61 Å². The molecule has 2 N–H and O–H groups in total. The van der Waals surface area contributed by atoms with Gasteiger partial charge in [-0.05, 0) is 25.2 Å². The van der Waals surface area contributed by atoms with E-state index in [2.05, 4.69) is 0 Å². The third kappa shape index (κ3) is 4.38. The van der Waals surface area contributed by atoms with Crippen molar-refractivity contribution in [3.8, 4) is 0 Å². The van der Waals surface area contributed by atoms with E-state index < -0.39 is 18.9 Å². The first-order chi connectivity index (χ1) is 6.92. The molecule has 0 heterocycles. The molecule has 3 atom stereocenters. The summed E-state index contributed by atoms with van der Waals surface area (Å²) in [5.41, 5.74) is 5.73. The van der Waals surface area contributed by atoms with Crippen LogP contribution in [-0.2, 0) is 4.74 Å². The maximum Gasteiger partial charge on any atom is 0.411 e. The molecule has 0 radical (unpaired) electrons. The quantitative estimate of drug-likeness (QED) is 0.800. The van der Waals surface area contributed by atoms with Crippen LogP contribution in [-0.4, -0.2) is 24.9 Å². The highest BCUT2D eigenvalue weighted by molar-refractivity contribution is 4.83. The molecular weight excluding hydrogens is 207 g/mol. The summed E-state index contributed by atoms with van der Waals surface area (Å²) in [6.45, 7) is 0.865. The summed E-state index contributed by atoms with van der Waals surface area (Å²) in [6, 6.07) is -0.241. The summed E-state index contributed by atoms with van der Waals surface area (Å²) in [5.74, 6) is 0.461. The van der Waals surface area contributed by atoms with Gasteiger partial charge in [0.1, 0.15) is 6.61 Å². The minimum atomic E-state index is -4.25. The van der Waals surface area contributed by atoms with E-state index in [1.54, 1.807) is 0 Å². The van der Waals surface area contributed by atoms with Crippen molar-refractivity contribution in [2.45, 2.75) is 50.9 Å². The Labute approximate surface area is 88.0 Å². The molecule has 1 aliphatic rings. The molecule has 1 rings (SSSR count). The van der Waals surface area contributed by atoms with Gasteiger partial charge in [0.25, 0.3) is 0 Å². The number of hydrogen-bond acceptors (Lipinski definition) is 2. The molecule has 5 heteroatoms. The Morgan fingerprint density at radius 2 is 2.00 bits per heavy atom. The number of halogens is 3. The summed E-state index contributed by atoms with van der Waals surface area (Å²) in [7, 11) is 0. The number of rotatable bonds is 3. The van der Waals surface area contributed by atoms with Crippen molar-refractivity contribution in [2.24, 2.45) is 11.7 Å². The summed E-state index contributed by atoms with van der Waals surface area (Å²) in [5, 5.41) is 0. The van der Waals surface area contributed by atoms with Gasteiger partial charge in [-0.1, -0.05) is 13.3 Å². The van der Waals surface area contributed by atoms with Crippen LogP contribution < -0.4 is 5.73 Å². The van der Waals surface area contributed by atoms with Crippen LogP contribution in [0.2, 0.25) is 0 Å². The minimum absolute atomic E-state index is 0.241. The molecule has 2 nitrogen and oxygen atoms in total. The Kier molecular flexibility index (Phi) is 4.40. The molecule has 1 fully saturated rings. The van der Waals surface area contributed by atoms with Gasteiger partial charge in [0, 0.05) is 6.04 Å². The van der Waals surface area contributed by atoms with E-state index in [9.17, 15) is 13.2 Å². The minimum Gasteiger partial charge on any atom is -0.367 e. The molecule has 0 spiro atoms. The zero-order chi connectivity index (χ0) is 11.5. The molecule has 1 saturated carbocycles. The maximum atomic E-state index is 12.0. The first kappa shape index (κ1) is 12.8. The van der Waals surface area contributed by atoms with Crippen molar-refractivity contribution in [3.05, 3.63) is 0 Å². The molecule has 0 bridgehead atoms. The van der Waals surface area contributed by atoms with Gasteiger partial charge in [-0.15, -0.1) is 0 Å². The van der Waals surface area contributed by atoms with Crippen molar-refractivity contribution >= 4 is 0 Å². The third-order valence-electron chi connectivity index (χ3n) is 2.99. The zero-order valence-corrected chi connectivity index (χ0v) is 8.89. The van der Waals surface area contributed by atoms with Gasteiger partial charge in [-0.3, -0.25) is 0 Å². The molecule has 0 amide bonds. The molecule has 0 aliphatic heterocycles. The van der Waals surface area contributed by atoms with Crippen LogP contribution in [0.1, 0.15) is 32.6 Å². The lowest BCUT2D eigenvalue weighted by Gasteiger charge is -2.33. The molecule has 0 aromatic carbocycles. The largest absolute Gasteiger partial charge is 0.411 e. The van der Waals surface area contributed by atoms with E-state index in [0.717, 1.165) is 19.3 Å². The van der Waals surface area contributed by atoms with Crippen molar-refractivity contribution in [3.63, 3.8) is 0 Å². The lowest BCUT2D eigenvalue weighted by Crippen LogP contribution is -2.43. The number of alkyl halides is 3. The fraction of sp³-hybridized carbons (Fsp3) is 1.00. The Morgan fingerprint density at radius 1 is 1.33 bits per heavy atom. The molecule has 90 valence electrons. The molecule has 15 heavy (non-hydrogen) atoms. The predicted octanol–water partition coefficient (Wildman–Crippen LogP) is 2.47. The maximum absolute atomic E-state index is 12.0. The van der Waals surface area contributed by atoms with E-state index in [1.807, 2.05) is 6.92 Å². The van der Waals surface area contributed by atoms with Crippen LogP contribution >= 0.6 is 0 Å². The van der Waals surface area contributed by atoms with Crippen molar-refractivity contribution in [1.29, 1.82) is 0 Å². The van der Waals surface area contributed by atoms with Gasteiger partial charge < -0.3 is 10.5 Å². The highest BCUT2D eigenvalue weighted by Crippen LogP contribution is 2.29. The van der Waals surface area contributed by atoms with E-state index in [1.165, 1.54) is 0 Å². The van der Waals surface area contributed by atoms with Crippen LogP contribution in [0, 0.1) is 5.92 Å². The van der Waals surface area contributed by atoms with Crippen LogP contribution in [0.15, 0.2) is 0 Å². The average molecular weight is 225 g/mol. The summed E-state index contributed by atoms with van der Waals surface area (Å²) >= 11 is 0. The van der Waals surface area contributed by atoms with Crippen LogP contribution in [0.25, 0.3) is 0 Å². The number of nitrogens with two attached hydrogens (primary N) is 1. The van der Waals surface area contributed by atoms with E-state index in [-0.39, 0.29) is 6.04 Å². The second kappa shape index (κ2) is 5.16. The van der Waals surface area contributed by atoms with E-state index in [4.69, 9.17) is 10.5 Å². The molecule has 0 aromatic heterocycles. The zero-order valence-electron chi connectivity index (χ0n) is 8.89. The topological polar surface area (TPSA) is 35.2 Å².